The lowest BCUT2D eigenvalue weighted by Gasteiger charge is -2.43. The minimum absolute atomic E-state index is 0.215. The van der Waals surface area contributed by atoms with Gasteiger partial charge in [-0.3, -0.25) is 4.90 Å². The number of likely N-dealkylation sites (tertiary alicyclic amines) is 1. The van der Waals surface area contributed by atoms with Crippen LogP contribution in [-0.2, 0) is 6.54 Å². The maximum atomic E-state index is 10.9. The highest BCUT2D eigenvalue weighted by Crippen LogP contribution is 2.35. The first-order chi connectivity index (χ1) is 9.24. The highest BCUT2D eigenvalue weighted by molar-refractivity contribution is 7.11. The van der Waals surface area contributed by atoms with Crippen LogP contribution in [0, 0.1) is 5.92 Å². The summed E-state index contributed by atoms with van der Waals surface area (Å²) in [6.45, 7) is 1.96. The molecule has 1 saturated carbocycles. The maximum absolute atomic E-state index is 10.9. The van der Waals surface area contributed by atoms with Crippen LogP contribution in [0.4, 0.5) is 0 Å². The molecule has 1 aliphatic carbocycles. The van der Waals surface area contributed by atoms with Crippen LogP contribution in [-0.4, -0.2) is 33.5 Å². The number of hydrogen-bond donors (Lipinski definition) is 1. The third-order valence-corrected chi connectivity index (χ3v) is 5.34. The minimum atomic E-state index is -0.912. The van der Waals surface area contributed by atoms with E-state index in [1.165, 1.54) is 49.9 Å². The van der Waals surface area contributed by atoms with Crippen LogP contribution in [0.2, 0.25) is 0 Å². The van der Waals surface area contributed by atoms with Gasteiger partial charge in [0.15, 0.2) is 0 Å². The van der Waals surface area contributed by atoms with Gasteiger partial charge in [-0.15, -0.1) is 11.3 Å². The van der Waals surface area contributed by atoms with E-state index in [4.69, 9.17) is 5.11 Å². The van der Waals surface area contributed by atoms with E-state index in [9.17, 15) is 4.79 Å². The fourth-order valence-electron chi connectivity index (χ4n) is 3.61. The second-order valence-corrected chi connectivity index (χ2v) is 6.53. The molecule has 1 N–H and O–H groups in total. The summed E-state index contributed by atoms with van der Waals surface area (Å²) in [5.74, 6) is -0.0504. The molecule has 2 fully saturated rings. The number of nitrogens with zero attached hydrogens (tertiary/aromatic N) is 2. The molecule has 2 heterocycles. The Labute approximate surface area is 117 Å². The van der Waals surface area contributed by atoms with Gasteiger partial charge in [0.05, 0.1) is 5.69 Å². The van der Waals surface area contributed by atoms with Gasteiger partial charge in [-0.25, -0.2) is 9.78 Å². The highest BCUT2D eigenvalue weighted by Gasteiger charge is 2.33. The molecule has 2 unspecified atom stereocenters. The summed E-state index contributed by atoms with van der Waals surface area (Å²) in [4.78, 5) is 17.6. The molecule has 0 spiro atoms. The van der Waals surface area contributed by atoms with E-state index in [2.05, 4.69) is 9.88 Å². The zero-order valence-electron chi connectivity index (χ0n) is 11.0. The van der Waals surface area contributed by atoms with Crippen LogP contribution >= 0.6 is 11.3 Å². The maximum Gasteiger partial charge on any atom is 0.365 e. The number of fused-ring (bicyclic) bond motifs is 1. The molecule has 3 rings (SSSR count). The van der Waals surface area contributed by atoms with Crippen LogP contribution in [0.1, 0.15) is 54.0 Å². The Bertz CT molecular complexity index is 458. The first kappa shape index (κ1) is 13.1. The van der Waals surface area contributed by atoms with E-state index in [1.807, 2.05) is 5.38 Å². The minimum Gasteiger partial charge on any atom is -0.476 e. The van der Waals surface area contributed by atoms with Gasteiger partial charge in [0.1, 0.15) is 0 Å². The summed E-state index contributed by atoms with van der Waals surface area (Å²) in [6, 6.07) is 0.706. The van der Waals surface area contributed by atoms with Gasteiger partial charge in [-0.05, 0) is 38.1 Å². The smallest absolute Gasteiger partial charge is 0.365 e. The van der Waals surface area contributed by atoms with Crippen LogP contribution < -0.4 is 0 Å². The molecular formula is C14H20N2O2S. The summed E-state index contributed by atoms with van der Waals surface area (Å²) in [5.41, 5.74) is 0.925. The van der Waals surface area contributed by atoms with Crippen LogP contribution in [0.5, 0.6) is 0 Å². The van der Waals surface area contributed by atoms with Crippen molar-refractivity contribution in [3.8, 4) is 0 Å². The van der Waals surface area contributed by atoms with Crippen molar-refractivity contribution >= 4 is 17.3 Å². The summed E-state index contributed by atoms with van der Waals surface area (Å²) in [5, 5.41) is 11.0. The molecule has 104 valence electrons. The van der Waals surface area contributed by atoms with Crippen molar-refractivity contribution in [1.82, 2.24) is 9.88 Å². The average molecular weight is 280 g/mol. The Morgan fingerprint density at radius 3 is 2.95 bits per heavy atom. The van der Waals surface area contributed by atoms with Gasteiger partial charge in [0.25, 0.3) is 0 Å². The lowest BCUT2D eigenvalue weighted by atomic mass is 9.78. The van der Waals surface area contributed by atoms with Gasteiger partial charge in [-0.2, -0.15) is 0 Å². The molecule has 0 aromatic carbocycles. The largest absolute Gasteiger partial charge is 0.476 e. The molecule has 4 nitrogen and oxygen atoms in total. The molecule has 19 heavy (non-hydrogen) atoms. The van der Waals surface area contributed by atoms with Crippen molar-refractivity contribution in [2.75, 3.05) is 6.54 Å². The van der Waals surface area contributed by atoms with E-state index in [0.29, 0.717) is 6.04 Å². The Morgan fingerprint density at radius 2 is 2.16 bits per heavy atom. The van der Waals surface area contributed by atoms with Crippen LogP contribution in [0.3, 0.4) is 0 Å². The second kappa shape index (κ2) is 5.59. The standard InChI is InChI=1S/C14H20N2O2S/c17-14(18)13-15-11(9-19-13)8-16-7-3-5-10-4-1-2-6-12(10)16/h9-10,12H,1-8H2,(H,17,18). The summed E-state index contributed by atoms with van der Waals surface area (Å²) in [7, 11) is 0. The molecule has 0 amide bonds. The number of aromatic carboxylic acids is 1. The first-order valence-corrected chi connectivity index (χ1v) is 8.04. The predicted molar refractivity (Wildman–Crippen MR) is 74.5 cm³/mol. The molecule has 0 radical (unpaired) electrons. The summed E-state index contributed by atoms with van der Waals surface area (Å²) < 4.78 is 0. The molecule has 1 saturated heterocycles. The number of hydrogen-bond acceptors (Lipinski definition) is 4. The third kappa shape index (κ3) is 2.82. The fourth-order valence-corrected chi connectivity index (χ4v) is 4.26. The molecular weight excluding hydrogens is 260 g/mol. The second-order valence-electron chi connectivity index (χ2n) is 5.67. The average Bonchev–Trinajstić information content (AvgIpc) is 2.88. The quantitative estimate of drug-likeness (QED) is 0.924. The van der Waals surface area contributed by atoms with Gasteiger partial charge in [-0.1, -0.05) is 12.8 Å². The lowest BCUT2D eigenvalue weighted by Crippen LogP contribution is -2.46. The number of piperidine rings is 1. The van der Waals surface area contributed by atoms with Crippen molar-refractivity contribution in [1.29, 1.82) is 0 Å². The Hall–Kier alpha value is -0.940. The topological polar surface area (TPSA) is 53.4 Å². The zero-order valence-corrected chi connectivity index (χ0v) is 11.9. The molecule has 2 aliphatic rings. The number of carboxylic acid groups (broad SMARTS) is 1. The predicted octanol–water partition coefficient (Wildman–Crippen LogP) is 3.00. The van der Waals surface area contributed by atoms with Crippen LogP contribution in [0.15, 0.2) is 5.38 Å². The monoisotopic (exact) mass is 280 g/mol. The van der Waals surface area contributed by atoms with E-state index >= 15 is 0 Å². The molecule has 2 atom stereocenters. The number of aromatic nitrogens is 1. The van der Waals surface area contributed by atoms with Crippen molar-refractivity contribution in [2.24, 2.45) is 5.92 Å². The summed E-state index contributed by atoms with van der Waals surface area (Å²) in [6.07, 6.45) is 8.05. The van der Waals surface area contributed by atoms with Gasteiger partial charge >= 0.3 is 5.97 Å². The van der Waals surface area contributed by atoms with E-state index < -0.39 is 5.97 Å². The van der Waals surface area contributed by atoms with E-state index in [0.717, 1.165) is 24.7 Å². The number of thiazole rings is 1. The van der Waals surface area contributed by atoms with Gasteiger partial charge in [0, 0.05) is 18.0 Å². The molecule has 1 aromatic heterocycles. The molecule has 1 aliphatic heterocycles. The summed E-state index contributed by atoms with van der Waals surface area (Å²) >= 11 is 1.24. The lowest BCUT2D eigenvalue weighted by molar-refractivity contribution is 0.0537. The van der Waals surface area contributed by atoms with Crippen LogP contribution in [0.25, 0.3) is 0 Å². The van der Waals surface area contributed by atoms with Gasteiger partial charge < -0.3 is 5.11 Å². The fraction of sp³-hybridized carbons (Fsp3) is 0.714. The number of carbonyl (C=O) groups is 1. The van der Waals surface area contributed by atoms with Crippen molar-refractivity contribution in [3.05, 3.63) is 16.1 Å². The van der Waals surface area contributed by atoms with E-state index in [1.54, 1.807) is 0 Å². The zero-order chi connectivity index (χ0) is 13.2. The normalized spacial score (nSPS) is 28.0. The Balaban J connectivity index is 1.68. The van der Waals surface area contributed by atoms with Crippen molar-refractivity contribution in [3.63, 3.8) is 0 Å². The van der Waals surface area contributed by atoms with Crippen molar-refractivity contribution in [2.45, 2.75) is 51.1 Å². The molecule has 1 aromatic rings. The number of rotatable bonds is 3. The Kier molecular flexibility index (Phi) is 3.84. The SMILES string of the molecule is O=C(O)c1nc(CN2CCCC3CCCCC32)cs1. The number of carboxylic acids is 1. The van der Waals surface area contributed by atoms with Gasteiger partial charge in [0.2, 0.25) is 5.01 Å². The highest BCUT2D eigenvalue weighted by atomic mass is 32.1. The molecule has 0 bridgehead atoms. The molecule has 5 heteroatoms. The van der Waals surface area contributed by atoms with E-state index in [-0.39, 0.29) is 5.01 Å². The Morgan fingerprint density at radius 1 is 1.37 bits per heavy atom. The third-order valence-electron chi connectivity index (χ3n) is 4.46. The van der Waals surface area contributed by atoms with Crippen molar-refractivity contribution < 1.29 is 9.90 Å². The first-order valence-electron chi connectivity index (χ1n) is 7.16.